The highest BCUT2D eigenvalue weighted by Crippen LogP contribution is 2.19. The number of rotatable bonds is 3. The first-order chi connectivity index (χ1) is 9.56. The average molecular weight is 268 g/mol. The molecule has 0 aliphatic carbocycles. The molecule has 0 saturated carbocycles. The van der Waals surface area contributed by atoms with Crippen molar-refractivity contribution in [3.63, 3.8) is 0 Å². The second-order valence-electron chi connectivity index (χ2n) is 5.05. The van der Waals surface area contributed by atoms with E-state index in [1.807, 2.05) is 37.3 Å². The van der Waals surface area contributed by atoms with E-state index in [0.717, 1.165) is 11.3 Å². The van der Waals surface area contributed by atoms with Crippen LogP contribution in [0.15, 0.2) is 48.5 Å². The molecule has 3 nitrogen and oxygen atoms in total. The van der Waals surface area contributed by atoms with Gasteiger partial charge < -0.3 is 10.6 Å². The van der Waals surface area contributed by atoms with Gasteiger partial charge in [-0.05, 0) is 44.0 Å². The van der Waals surface area contributed by atoms with Crippen molar-refractivity contribution in [1.29, 1.82) is 0 Å². The van der Waals surface area contributed by atoms with Crippen LogP contribution in [0.3, 0.4) is 0 Å². The Morgan fingerprint density at radius 3 is 2.45 bits per heavy atom. The molecular weight excluding hydrogens is 248 g/mol. The summed E-state index contributed by atoms with van der Waals surface area (Å²) >= 11 is 0. The zero-order chi connectivity index (χ0) is 14.5. The largest absolute Gasteiger partial charge is 0.331 e. The second-order valence-corrected chi connectivity index (χ2v) is 5.05. The summed E-state index contributed by atoms with van der Waals surface area (Å²) in [6, 6.07) is 15.5. The lowest BCUT2D eigenvalue weighted by molar-refractivity contribution is 0.249. The van der Waals surface area contributed by atoms with Crippen LogP contribution in [0.5, 0.6) is 0 Å². The Bertz CT molecular complexity index is 593. The predicted octanol–water partition coefficient (Wildman–Crippen LogP) is 4.19. The summed E-state index contributed by atoms with van der Waals surface area (Å²) in [7, 11) is 0. The molecule has 0 fully saturated rings. The number of hydrogen-bond donors (Lipinski definition) is 2. The lowest BCUT2D eigenvalue weighted by atomic mass is 10.0. The first kappa shape index (κ1) is 14.1. The van der Waals surface area contributed by atoms with Gasteiger partial charge in [-0.25, -0.2) is 4.79 Å². The maximum atomic E-state index is 12.0. The van der Waals surface area contributed by atoms with Crippen molar-refractivity contribution in [2.24, 2.45) is 0 Å². The van der Waals surface area contributed by atoms with Gasteiger partial charge in [-0.3, -0.25) is 0 Å². The molecule has 0 spiro atoms. The van der Waals surface area contributed by atoms with E-state index in [9.17, 15) is 4.79 Å². The first-order valence-corrected chi connectivity index (χ1v) is 6.76. The Labute approximate surface area is 120 Å². The lowest BCUT2D eigenvalue weighted by Gasteiger charge is -2.17. The van der Waals surface area contributed by atoms with Gasteiger partial charge in [0.1, 0.15) is 0 Å². The average Bonchev–Trinajstić information content (AvgIpc) is 2.42. The lowest BCUT2D eigenvalue weighted by Crippen LogP contribution is -2.31. The molecule has 20 heavy (non-hydrogen) atoms. The molecule has 0 saturated heterocycles. The van der Waals surface area contributed by atoms with E-state index in [-0.39, 0.29) is 12.1 Å². The number of hydrogen-bond acceptors (Lipinski definition) is 1. The number of benzene rings is 2. The number of urea groups is 1. The van der Waals surface area contributed by atoms with E-state index in [1.165, 1.54) is 11.1 Å². The van der Waals surface area contributed by atoms with Gasteiger partial charge in [-0.2, -0.15) is 0 Å². The van der Waals surface area contributed by atoms with Crippen molar-refractivity contribution in [1.82, 2.24) is 5.32 Å². The van der Waals surface area contributed by atoms with Crippen LogP contribution in [0, 0.1) is 13.8 Å². The van der Waals surface area contributed by atoms with E-state index >= 15 is 0 Å². The van der Waals surface area contributed by atoms with Gasteiger partial charge in [0.25, 0.3) is 0 Å². The summed E-state index contributed by atoms with van der Waals surface area (Å²) in [5.41, 5.74) is 4.32. The standard InChI is InChI=1S/C17H20N2O/c1-12-9-10-13(2)16(11-12)14(3)18-17(20)19-15-7-5-4-6-8-15/h4-11,14H,1-3H3,(H2,18,19,20)/t14-/m0/s1. The minimum atomic E-state index is -0.190. The minimum absolute atomic E-state index is 0.0291. The van der Waals surface area contributed by atoms with Gasteiger partial charge in [0.15, 0.2) is 0 Å². The van der Waals surface area contributed by atoms with Gasteiger partial charge >= 0.3 is 6.03 Å². The molecule has 3 heteroatoms. The molecule has 0 aromatic heterocycles. The van der Waals surface area contributed by atoms with E-state index in [2.05, 4.69) is 42.7 Å². The highest BCUT2D eigenvalue weighted by atomic mass is 16.2. The third-order valence-corrected chi connectivity index (χ3v) is 3.28. The van der Waals surface area contributed by atoms with Gasteiger partial charge in [0, 0.05) is 5.69 Å². The molecule has 1 atom stereocenters. The Morgan fingerprint density at radius 1 is 1.05 bits per heavy atom. The van der Waals surface area contributed by atoms with Gasteiger partial charge in [-0.1, -0.05) is 42.0 Å². The molecule has 0 radical (unpaired) electrons. The maximum absolute atomic E-state index is 12.0. The maximum Gasteiger partial charge on any atom is 0.319 e. The van der Waals surface area contributed by atoms with Crippen LogP contribution in [0.1, 0.15) is 29.7 Å². The van der Waals surface area contributed by atoms with Crippen LogP contribution in [-0.2, 0) is 0 Å². The van der Waals surface area contributed by atoms with Crippen LogP contribution in [-0.4, -0.2) is 6.03 Å². The van der Waals surface area contributed by atoms with Crippen molar-refractivity contribution in [2.75, 3.05) is 5.32 Å². The van der Waals surface area contributed by atoms with Crippen LogP contribution < -0.4 is 10.6 Å². The molecule has 2 rings (SSSR count). The Kier molecular flexibility index (Phi) is 4.41. The van der Waals surface area contributed by atoms with E-state index in [0.29, 0.717) is 0 Å². The summed E-state index contributed by atoms with van der Waals surface area (Å²) in [5, 5.41) is 5.79. The van der Waals surface area contributed by atoms with Crippen molar-refractivity contribution in [3.8, 4) is 0 Å². The summed E-state index contributed by atoms with van der Waals surface area (Å²) < 4.78 is 0. The SMILES string of the molecule is Cc1ccc(C)c([C@H](C)NC(=O)Nc2ccccc2)c1. The Morgan fingerprint density at radius 2 is 1.75 bits per heavy atom. The fourth-order valence-electron chi connectivity index (χ4n) is 2.19. The first-order valence-electron chi connectivity index (χ1n) is 6.76. The van der Waals surface area contributed by atoms with Gasteiger partial charge in [0.2, 0.25) is 0 Å². The fourth-order valence-corrected chi connectivity index (χ4v) is 2.19. The highest BCUT2D eigenvalue weighted by molar-refractivity contribution is 5.89. The number of carbonyl (C=O) groups excluding carboxylic acids is 1. The molecule has 0 unspecified atom stereocenters. The van der Waals surface area contributed by atoms with Crippen molar-refractivity contribution in [2.45, 2.75) is 26.8 Å². The van der Waals surface area contributed by atoms with E-state index < -0.39 is 0 Å². The molecule has 2 aromatic carbocycles. The predicted molar refractivity (Wildman–Crippen MR) is 82.9 cm³/mol. The summed E-state index contributed by atoms with van der Waals surface area (Å²) in [6.45, 7) is 6.11. The number of nitrogens with one attached hydrogen (secondary N) is 2. The normalized spacial score (nSPS) is 11.8. The molecular formula is C17H20N2O. The second kappa shape index (κ2) is 6.24. The van der Waals surface area contributed by atoms with Gasteiger partial charge in [-0.15, -0.1) is 0 Å². The smallest absolute Gasteiger partial charge is 0.319 e. The highest BCUT2D eigenvalue weighted by Gasteiger charge is 2.11. The molecule has 2 aromatic rings. The molecule has 2 amide bonds. The zero-order valence-electron chi connectivity index (χ0n) is 12.1. The van der Waals surface area contributed by atoms with Crippen molar-refractivity contribution < 1.29 is 4.79 Å². The summed E-state index contributed by atoms with van der Waals surface area (Å²) in [5.74, 6) is 0. The van der Waals surface area contributed by atoms with Gasteiger partial charge in [0.05, 0.1) is 6.04 Å². The summed E-state index contributed by atoms with van der Waals surface area (Å²) in [6.07, 6.45) is 0. The Balaban J connectivity index is 2.02. The van der Waals surface area contributed by atoms with E-state index in [1.54, 1.807) is 0 Å². The Hall–Kier alpha value is -2.29. The molecule has 104 valence electrons. The number of para-hydroxylation sites is 1. The molecule has 0 heterocycles. The van der Waals surface area contributed by atoms with Crippen molar-refractivity contribution >= 4 is 11.7 Å². The monoisotopic (exact) mass is 268 g/mol. The topological polar surface area (TPSA) is 41.1 Å². The van der Waals surface area contributed by atoms with Crippen LogP contribution in [0.2, 0.25) is 0 Å². The molecule has 2 N–H and O–H groups in total. The van der Waals surface area contributed by atoms with Crippen LogP contribution >= 0.6 is 0 Å². The molecule has 0 bridgehead atoms. The number of aryl methyl sites for hydroxylation is 2. The third-order valence-electron chi connectivity index (χ3n) is 3.28. The van der Waals surface area contributed by atoms with E-state index in [4.69, 9.17) is 0 Å². The number of carbonyl (C=O) groups is 1. The fraction of sp³-hybridized carbons (Fsp3) is 0.235. The van der Waals surface area contributed by atoms with Crippen molar-refractivity contribution in [3.05, 3.63) is 65.2 Å². The molecule has 0 aliphatic rings. The third kappa shape index (κ3) is 3.60. The minimum Gasteiger partial charge on any atom is -0.331 e. The van der Waals surface area contributed by atoms with Crippen LogP contribution in [0.25, 0.3) is 0 Å². The number of anilines is 1. The quantitative estimate of drug-likeness (QED) is 0.861. The molecule has 0 aliphatic heterocycles. The zero-order valence-corrected chi connectivity index (χ0v) is 12.1. The van der Waals surface area contributed by atoms with Crippen LogP contribution in [0.4, 0.5) is 10.5 Å². The number of amides is 2. The summed E-state index contributed by atoms with van der Waals surface area (Å²) in [4.78, 5) is 12.0.